The third-order valence-corrected chi connectivity index (χ3v) is 17.5. The molecule has 0 aromatic carbocycles. The fourth-order valence-electron chi connectivity index (χ4n) is 13.0. The first kappa shape index (κ1) is 40.5. The summed E-state index contributed by atoms with van der Waals surface area (Å²) < 4.78 is 38.6. The standard InChI is InChI=1S/C39H60I2O12/c1-17-7-10-39(48-16-17)18(2)27-24(53-39)12-22-21-6-5-19-11-20(8-9-37(19,3)28(21)23(42)13-38(22,27)4)49-35-33(47)31(45)34(26(15-41)51-35)52-36-32(46)30(44)29(43)25(14-40)50-36/h17-22,24-36,43-47H,5-16H2,1-4H3/t17-,18?,19+,20+,21+,22+,24?,25-,26-,27?,28-,29-,30+,31-,32-,33-,34-,35-,36+,37+,38+,39-/m1/s1. The van der Waals surface area contributed by atoms with E-state index in [4.69, 9.17) is 28.4 Å². The summed E-state index contributed by atoms with van der Waals surface area (Å²) in [6.45, 7) is 10.0. The van der Waals surface area contributed by atoms with Gasteiger partial charge in [0.25, 0.3) is 0 Å². The zero-order valence-corrected chi connectivity index (χ0v) is 35.6. The molecule has 4 heterocycles. The monoisotopic (exact) mass is 974 g/mol. The first-order chi connectivity index (χ1) is 25.2. The van der Waals surface area contributed by atoms with Gasteiger partial charge in [-0.15, -0.1) is 0 Å². The quantitative estimate of drug-likeness (QED) is 0.149. The van der Waals surface area contributed by atoms with Crippen molar-refractivity contribution in [2.45, 2.75) is 165 Å². The van der Waals surface area contributed by atoms with E-state index >= 15 is 0 Å². The second-order valence-electron chi connectivity index (χ2n) is 18.6. The molecule has 0 radical (unpaired) electrons. The van der Waals surface area contributed by atoms with Crippen LogP contribution in [0.3, 0.4) is 0 Å². The third-order valence-electron chi connectivity index (χ3n) is 15.8. The minimum Gasteiger partial charge on any atom is -0.388 e. The SMILES string of the molecule is CC1C2C(C[C@H]3[C@@H]4CC[C@H]5C[C@@H](O[C@@H]6O[C@H](CI)[C@@H](O[C@@H]7O[C@H](CI)[C@@H](O)[C@H](O)[C@H]7O)[C@H](O)[C@H]6O)CC[C@]5(C)[C@H]4C(=O)C[C@]23C)O[C@]12CC[C@@H](C)CO2. The van der Waals surface area contributed by atoms with E-state index in [1.54, 1.807) is 0 Å². The summed E-state index contributed by atoms with van der Waals surface area (Å²) in [7, 11) is 0. The van der Waals surface area contributed by atoms with Gasteiger partial charge in [0.1, 0.15) is 42.4 Å². The first-order valence-corrected chi connectivity index (χ1v) is 23.2. The average molecular weight is 975 g/mol. The third kappa shape index (κ3) is 6.56. The van der Waals surface area contributed by atoms with Crippen molar-refractivity contribution in [3.05, 3.63) is 0 Å². The number of carbonyl (C=O) groups is 1. The second-order valence-corrected chi connectivity index (χ2v) is 20.4. The Balaban J connectivity index is 0.911. The van der Waals surface area contributed by atoms with Crippen molar-refractivity contribution in [1.82, 2.24) is 0 Å². The van der Waals surface area contributed by atoms with Crippen LogP contribution in [0.5, 0.6) is 0 Å². The van der Waals surface area contributed by atoms with Gasteiger partial charge in [0, 0.05) is 33.5 Å². The molecule has 22 atom stereocenters. The van der Waals surface area contributed by atoms with Crippen LogP contribution in [0.1, 0.15) is 85.5 Å². The Morgan fingerprint density at radius 2 is 1.49 bits per heavy atom. The fraction of sp³-hybridized carbons (Fsp3) is 0.974. The lowest BCUT2D eigenvalue weighted by Crippen LogP contribution is -2.64. The highest BCUT2D eigenvalue weighted by Crippen LogP contribution is 2.70. The molecule has 4 aliphatic heterocycles. The van der Waals surface area contributed by atoms with Gasteiger partial charge in [-0.1, -0.05) is 72.9 Å². The Labute approximate surface area is 340 Å². The lowest BCUT2D eigenvalue weighted by atomic mass is 9.44. The van der Waals surface area contributed by atoms with E-state index in [9.17, 15) is 30.3 Å². The number of Topliss-reactive ketones (excluding diaryl/α,β-unsaturated/α-hetero) is 1. The number of alkyl halides is 2. The molecule has 0 bridgehead atoms. The normalized spacial score (nSPS) is 58.2. The van der Waals surface area contributed by atoms with Crippen LogP contribution in [-0.4, -0.2) is 126 Å². The number of hydrogen-bond acceptors (Lipinski definition) is 12. The van der Waals surface area contributed by atoms with Crippen LogP contribution in [0.2, 0.25) is 0 Å². The Morgan fingerprint density at radius 3 is 2.19 bits per heavy atom. The maximum atomic E-state index is 14.5. The molecule has 5 N–H and O–H groups in total. The number of ether oxygens (including phenoxy) is 6. The van der Waals surface area contributed by atoms with Crippen LogP contribution in [0.15, 0.2) is 0 Å². The highest BCUT2D eigenvalue weighted by Gasteiger charge is 2.71. The van der Waals surface area contributed by atoms with Gasteiger partial charge in [0.05, 0.1) is 31.0 Å². The Hall–Kier alpha value is 0.690. The van der Waals surface area contributed by atoms with E-state index in [-0.39, 0.29) is 34.9 Å². The van der Waals surface area contributed by atoms with Crippen LogP contribution in [0.4, 0.5) is 0 Å². The maximum Gasteiger partial charge on any atom is 0.187 e. The van der Waals surface area contributed by atoms with Crippen molar-refractivity contribution < 1.29 is 58.7 Å². The highest BCUT2D eigenvalue weighted by molar-refractivity contribution is 14.1. The highest BCUT2D eigenvalue weighted by atomic mass is 127. The van der Waals surface area contributed by atoms with Gasteiger partial charge < -0.3 is 54.0 Å². The Kier molecular flexibility index (Phi) is 11.5. The number of ketones is 1. The van der Waals surface area contributed by atoms with E-state index in [2.05, 4.69) is 50.3 Å². The van der Waals surface area contributed by atoms with Gasteiger partial charge in [-0.3, -0.25) is 4.79 Å². The van der Waals surface area contributed by atoms with E-state index in [0.29, 0.717) is 50.6 Å². The molecule has 8 rings (SSSR count). The van der Waals surface area contributed by atoms with Gasteiger partial charge in [-0.25, -0.2) is 0 Å². The molecule has 8 fully saturated rings. The molecule has 12 nitrogen and oxygen atoms in total. The van der Waals surface area contributed by atoms with Gasteiger partial charge in [0.15, 0.2) is 18.4 Å². The zero-order chi connectivity index (χ0) is 37.8. The average Bonchev–Trinajstić information content (AvgIpc) is 3.57. The van der Waals surface area contributed by atoms with Crippen LogP contribution in [-0.2, 0) is 33.2 Å². The molecule has 4 saturated heterocycles. The van der Waals surface area contributed by atoms with Crippen LogP contribution < -0.4 is 0 Å². The summed E-state index contributed by atoms with van der Waals surface area (Å²) in [6, 6.07) is 0. The summed E-state index contributed by atoms with van der Waals surface area (Å²) in [5, 5.41) is 53.8. The van der Waals surface area contributed by atoms with E-state index in [1.807, 2.05) is 22.6 Å². The summed E-state index contributed by atoms with van der Waals surface area (Å²) >= 11 is 4.14. The molecular weight excluding hydrogens is 914 g/mol. The topological polar surface area (TPSA) is 174 Å². The number of halogens is 2. The predicted octanol–water partition coefficient (Wildman–Crippen LogP) is 3.51. The number of hydrogen-bond donors (Lipinski definition) is 5. The molecule has 8 aliphatic rings. The molecule has 0 aromatic heterocycles. The van der Waals surface area contributed by atoms with Crippen LogP contribution in [0, 0.1) is 52.3 Å². The lowest BCUT2D eigenvalue weighted by molar-refractivity contribution is -0.356. The Morgan fingerprint density at radius 1 is 0.792 bits per heavy atom. The number of fused-ring (bicyclic) bond motifs is 7. The van der Waals surface area contributed by atoms with Crippen molar-refractivity contribution in [3.8, 4) is 0 Å². The van der Waals surface area contributed by atoms with Gasteiger partial charge in [0.2, 0.25) is 0 Å². The lowest BCUT2D eigenvalue weighted by Gasteiger charge is -2.60. The molecule has 14 heteroatoms. The first-order valence-electron chi connectivity index (χ1n) is 20.1. The number of aliphatic hydroxyl groups excluding tert-OH is 5. The molecule has 4 saturated carbocycles. The number of aliphatic hydroxyl groups is 5. The van der Waals surface area contributed by atoms with E-state index in [0.717, 1.165) is 58.0 Å². The minimum atomic E-state index is -1.55. The van der Waals surface area contributed by atoms with Gasteiger partial charge in [-0.2, -0.15) is 0 Å². The maximum absolute atomic E-state index is 14.5. The predicted molar refractivity (Wildman–Crippen MR) is 207 cm³/mol. The Bertz CT molecular complexity index is 1350. The van der Waals surface area contributed by atoms with Gasteiger partial charge in [-0.05, 0) is 85.4 Å². The fourth-order valence-corrected chi connectivity index (χ4v) is 14.4. The second kappa shape index (κ2) is 15.1. The number of carbonyl (C=O) groups excluding carboxylic acids is 1. The van der Waals surface area contributed by atoms with Crippen LogP contribution >= 0.6 is 45.2 Å². The summed E-state index contributed by atoms with van der Waals surface area (Å²) in [5.41, 5.74) is -0.202. The summed E-state index contributed by atoms with van der Waals surface area (Å²) in [5.74, 6) is 2.23. The van der Waals surface area contributed by atoms with E-state index < -0.39 is 67.2 Å². The minimum absolute atomic E-state index is 0.0265. The molecular formula is C39H60I2O12. The van der Waals surface area contributed by atoms with Crippen molar-refractivity contribution in [2.24, 2.45) is 52.3 Å². The molecule has 53 heavy (non-hydrogen) atoms. The van der Waals surface area contributed by atoms with Crippen molar-refractivity contribution in [1.29, 1.82) is 0 Å². The summed E-state index contributed by atoms with van der Waals surface area (Å²) in [4.78, 5) is 14.5. The summed E-state index contributed by atoms with van der Waals surface area (Å²) in [6.07, 6.45) is -4.08. The molecule has 0 amide bonds. The van der Waals surface area contributed by atoms with Crippen LogP contribution in [0.25, 0.3) is 0 Å². The van der Waals surface area contributed by atoms with Crippen molar-refractivity contribution >= 4 is 51.0 Å². The van der Waals surface area contributed by atoms with Crippen molar-refractivity contribution in [2.75, 3.05) is 15.5 Å². The molecule has 1 spiro atoms. The zero-order valence-electron chi connectivity index (χ0n) is 31.3. The van der Waals surface area contributed by atoms with Crippen molar-refractivity contribution in [3.63, 3.8) is 0 Å². The van der Waals surface area contributed by atoms with Gasteiger partial charge >= 0.3 is 0 Å². The largest absolute Gasteiger partial charge is 0.388 e. The smallest absolute Gasteiger partial charge is 0.187 e. The molecule has 3 unspecified atom stereocenters. The molecule has 302 valence electrons. The van der Waals surface area contributed by atoms with E-state index in [1.165, 1.54) is 0 Å². The molecule has 4 aliphatic carbocycles. The number of rotatable bonds is 6. The molecule has 0 aromatic rings.